The second-order valence-corrected chi connectivity index (χ2v) is 5.44. The number of carbonyl (C=O) groups excluding carboxylic acids is 1. The molecule has 0 aromatic heterocycles. The predicted octanol–water partition coefficient (Wildman–Crippen LogP) is 4.23. The lowest BCUT2D eigenvalue weighted by Crippen LogP contribution is -2.07. The van der Waals surface area contributed by atoms with Gasteiger partial charge in [0.05, 0.1) is 17.8 Å². The highest BCUT2D eigenvalue weighted by Crippen LogP contribution is 2.26. The Kier molecular flexibility index (Phi) is 5.28. The Balaban J connectivity index is 2.09. The Morgan fingerprint density at radius 2 is 2.00 bits per heavy atom. The number of benzene rings is 2. The Morgan fingerprint density at radius 3 is 2.68 bits per heavy atom. The molecule has 22 heavy (non-hydrogen) atoms. The summed E-state index contributed by atoms with van der Waals surface area (Å²) in [7, 11) is 1.67. The lowest BCUT2D eigenvalue weighted by atomic mass is 10.1. The summed E-state index contributed by atoms with van der Waals surface area (Å²) in [4.78, 5) is 11.2. The Hall–Kier alpha value is -2.20. The zero-order valence-corrected chi connectivity index (χ0v) is 13.6. The molecule has 0 atom stereocenters. The number of rotatable bonds is 5. The first-order chi connectivity index (χ1) is 10.5. The number of anilines is 2. The number of ether oxygens (including phenoxy) is 1. The van der Waals surface area contributed by atoms with Crippen LogP contribution in [-0.2, 0) is 11.3 Å². The van der Waals surface area contributed by atoms with E-state index in [9.17, 15) is 4.79 Å². The molecule has 0 saturated heterocycles. The van der Waals surface area contributed by atoms with Gasteiger partial charge in [-0.1, -0.05) is 23.7 Å². The monoisotopic (exact) mass is 318 g/mol. The standard InChI is InChI=1S/C17H19ClN2O2/c1-11-4-5-13(8-17(11)22-3)10-19-14-6-7-15(18)16(9-14)20-12(2)21/h4-9,19H,10H2,1-3H3,(H,20,21). The van der Waals surface area contributed by atoms with Crippen molar-refractivity contribution in [2.45, 2.75) is 20.4 Å². The van der Waals surface area contributed by atoms with Gasteiger partial charge in [-0.05, 0) is 42.3 Å². The number of amides is 1. The molecular weight excluding hydrogens is 300 g/mol. The average molecular weight is 319 g/mol. The molecule has 0 aliphatic rings. The molecule has 0 heterocycles. The molecule has 0 aliphatic carbocycles. The van der Waals surface area contributed by atoms with Gasteiger partial charge in [-0.25, -0.2) is 0 Å². The van der Waals surface area contributed by atoms with Crippen LogP contribution in [0.2, 0.25) is 5.02 Å². The van der Waals surface area contributed by atoms with Gasteiger partial charge in [0.1, 0.15) is 5.75 Å². The van der Waals surface area contributed by atoms with E-state index in [2.05, 4.69) is 16.7 Å². The Bertz CT molecular complexity index is 686. The van der Waals surface area contributed by atoms with Crippen molar-refractivity contribution in [3.8, 4) is 5.75 Å². The number of hydrogen-bond donors (Lipinski definition) is 2. The highest BCUT2D eigenvalue weighted by molar-refractivity contribution is 6.33. The van der Waals surface area contributed by atoms with Crippen LogP contribution in [0.15, 0.2) is 36.4 Å². The molecule has 0 fully saturated rings. The van der Waals surface area contributed by atoms with Gasteiger partial charge in [-0.15, -0.1) is 0 Å². The van der Waals surface area contributed by atoms with Crippen molar-refractivity contribution in [3.05, 3.63) is 52.5 Å². The van der Waals surface area contributed by atoms with Gasteiger partial charge in [0.2, 0.25) is 5.91 Å². The van der Waals surface area contributed by atoms with Crippen LogP contribution < -0.4 is 15.4 Å². The molecule has 2 N–H and O–H groups in total. The maximum Gasteiger partial charge on any atom is 0.221 e. The van der Waals surface area contributed by atoms with E-state index < -0.39 is 0 Å². The maximum atomic E-state index is 11.2. The van der Waals surface area contributed by atoms with E-state index in [4.69, 9.17) is 16.3 Å². The first kappa shape index (κ1) is 16.2. The van der Waals surface area contributed by atoms with E-state index in [-0.39, 0.29) is 5.91 Å². The molecule has 2 aromatic rings. The molecule has 2 rings (SSSR count). The number of aryl methyl sites for hydroxylation is 1. The van der Waals surface area contributed by atoms with Crippen molar-refractivity contribution in [1.82, 2.24) is 0 Å². The molecule has 4 nitrogen and oxygen atoms in total. The minimum absolute atomic E-state index is 0.151. The van der Waals surface area contributed by atoms with Crippen molar-refractivity contribution < 1.29 is 9.53 Å². The molecule has 2 aromatic carbocycles. The Morgan fingerprint density at radius 1 is 1.23 bits per heavy atom. The van der Waals surface area contributed by atoms with Gasteiger partial charge in [0.25, 0.3) is 0 Å². The number of nitrogens with one attached hydrogen (secondary N) is 2. The first-order valence-electron chi connectivity index (χ1n) is 6.94. The molecule has 0 saturated carbocycles. The third-order valence-corrected chi connectivity index (χ3v) is 3.58. The van der Waals surface area contributed by atoms with Crippen molar-refractivity contribution in [2.24, 2.45) is 0 Å². The van der Waals surface area contributed by atoms with Gasteiger partial charge in [0.15, 0.2) is 0 Å². The summed E-state index contributed by atoms with van der Waals surface area (Å²) < 4.78 is 5.32. The van der Waals surface area contributed by atoms with E-state index in [0.717, 1.165) is 22.6 Å². The second kappa shape index (κ2) is 7.18. The number of halogens is 1. The molecule has 0 bridgehead atoms. The molecule has 5 heteroatoms. The quantitative estimate of drug-likeness (QED) is 0.867. The van der Waals surface area contributed by atoms with E-state index in [1.54, 1.807) is 13.2 Å². The summed E-state index contributed by atoms with van der Waals surface area (Å²) in [6, 6.07) is 11.5. The van der Waals surface area contributed by atoms with Crippen molar-refractivity contribution in [3.63, 3.8) is 0 Å². The third-order valence-electron chi connectivity index (χ3n) is 3.25. The Labute approximate surface area is 135 Å². The van der Waals surface area contributed by atoms with Crippen LogP contribution >= 0.6 is 11.6 Å². The first-order valence-corrected chi connectivity index (χ1v) is 7.32. The van der Waals surface area contributed by atoms with Crippen molar-refractivity contribution >= 4 is 28.9 Å². The fourth-order valence-corrected chi connectivity index (χ4v) is 2.26. The minimum Gasteiger partial charge on any atom is -0.496 e. The van der Waals surface area contributed by atoms with E-state index in [1.165, 1.54) is 6.92 Å². The summed E-state index contributed by atoms with van der Waals surface area (Å²) in [5, 5.41) is 6.53. The second-order valence-electron chi connectivity index (χ2n) is 5.03. The van der Waals surface area contributed by atoms with Crippen LogP contribution in [-0.4, -0.2) is 13.0 Å². The normalized spacial score (nSPS) is 10.2. The van der Waals surface area contributed by atoms with Crippen LogP contribution in [0, 0.1) is 6.92 Å². The van der Waals surface area contributed by atoms with Crippen LogP contribution in [0.5, 0.6) is 5.75 Å². The van der Waals surface area contributed by atoms with E-state index in [1.807, 2.05) is 31.2 Å². The molecule has 0 spiro atoms. The highest BCUT2D eigenvalue weighted by Gasteiger charge is 2.05. The topological polar surface area (TPSA) is 50.4 Å². The number of carbonyl (C=O) groups is 1. The maximum absolute atomic E-state index is 11.2. The highest BCUT2D eigenvalue weighted by atomic mass is 35.5. The fourth-order valence-electron chi connectivity index (χ4n) is 2.10. The number of hydrogen-bond acceptors (Lipinski definition) is 3. The zero-order valence-electron chi connectivity index (χ0n) is 12.9. The summed E-state index contributed by atoms with van der Waals surface area (Å²) in [6.45, 7) is 4.11. The van der Waals surface area contributed by atoms with Gasteiger partial charge < -0.3 is 15.4 Å². The number of methoxy groups -OCH3 is 1. The molecule has 0 radical (unpaired) electrons. The van der Waals surface area contributed by atoms with Crippen molar-refractivity contribution in [1.29, 1.82) is 0 Å². The van der Waals surface area contributed by atoms with E-state index >= 15 is 0 Å². The van der Waals surface area contributed by atoms with Crippen LogP contribution in [0.25, 0.3) is 0 Å². The van der Waals surface area contributed by atoms with Crippen LogP contribution in [0.4, 0.5) is 11.4 Å². The summed E-state index contributed by atoms with van der Waals surface area (Å²) in [5.74, 6) is 0.719. The predicted molar refractivity (Wildman–Crippen MR) is 90.8 cm³/mol. The molecule has 1 amide bonds. The molecule has 0 unspecified atom stereocenters. The van der Waals surface area contributed by atoms with Crippen LogP contribution in [0.1, 0.15) is 18.1 Å². The molecule has 116 valence electrons. The minimum atomic E-state index is -0.151. The lowest BCUT2D eigenvalue weighted by Gasteiger charge is -2.12. The summed E-state index contributed by atoms with van der Waals surface area (Å²) >= 11 is 6.06. The average Bonchev–Trinajstić information content (AvgIpc) is 2.49. The fraction of sp³-hybridized carbons (Fsp3) is 0.235. The van der Waals surface area contributed by atoms with Crippen LogP contribution in [0.3, 0.4) is 0 Å². The summed E-state index contributed by atoms with van der Waals surface area (Å²) in [6.07, 6.45) is 0. The van der Waals surface area contributed by atoms with Gasteiger partial charge in [-0.3, -0.25) is 4.79 Å². The lowest BCUT2D eigenvalue weighted by molar-refractivity contribution is -0.114. The molecular formula is C17H19ClN2O2. The SMILES string of the molecule is COc1cc(CNc2ccc(Cl)c(NC(C)=O)c2)ccc1C. The van der Waals surface area contributed by atoms with Gasteiger partial charge in [0, 0.05) is 19.2 Å². The van der Waals surface area contributed by atoms with Gasteiger partial charge >= 0.3 is 0 Å². The van der Waals surface area contributed by atoms with Crippen molar-refractivity contribution in [2.75, 3.05) is 17.7 Å². The third kappa shape index (κ3) is 4.15. The summed E-state index contributed by atoms with van der Waals surface area (Å²) in [5.41, 5.74) is 3.69. The van der Waals surface area contributed by atoms with Gasteiger partial charge in [-0.2, -0.15) is 0 Å². The largest absolute Gasteiger partial charge is 0.496 e. The zero-order chi connectivity index (χ0) is 16.1. The molecule has 0 aliphatic heterocycles. The smallest absolute Gasteiger partial charge is 0.221 e. The van der Waals surface area contributed by atoms with E-state index in [0.29, 0.717) is 17.3 Å².